The molecule has 0 aliphatic carbocycles. The smallest absolute Gasteiger partial charge is 0.349 e. The molecule has 1 aliphatic rings. The normalized spacial score (nSPS) is 18.0. The lowest BCUT2D eigenvalue weighted by Crippen LogP contribution is -2.34. The van der Waals surface area contributed by atoms with Crippen LogP contribution in [0.3, 0.4) is 0 Å². The molecule has 110 valence electrons. The molecule has 0 unspecified atom stereocenters. The highest BCUT2D eigenvalue weighted by Gasteiger charge is 2.19. The molecule has 2 aromatic rings. The highest BCUT2D eigenvalue weighted by atomic mass is 35.5. The second kappa shape index (κ2) is 5.87. The van der Waals surface area contributed by atoms with Crippen molar-refractivity contribution >= 4 is 28.5 Å². The van der Waals surface area contributed by atoms with Crippen LogP contribution in [-0.2, 0) is 4.74 Å². The van der Waals surface area contributed by atoms with E-state index in [-0.39, 0.29) is 11.7 Å². The Bertz CT molecular complexity index is 734. The van der Waals surface area contributed by atoms with E-state index in [2.05, 4.69) is 5.32 Å². The maximum absolute atomic E-state index is 12.1. The number of rotatable bonds is 3. The molecule has 1 N–H and O–H groups in total. The summed E-state index contributed by atoms with van der Waals surface area (Å²) in [7, 11) is 0. The Balaban J connectivity index is 1.84. The zero-order valence-corrected chi connectivity index (χ0v) is 12.0. The number of para-hydroxylation sites is 1. The van der Waals surface area contributed by atoms with Gasteiger partial charge in [-0.15, -0.1) is 0 Å². The summed E-state index contributed by atoms with van der Waals surface area (Å²) in [6, 6.07) is 6.60. The monoisotopic (exact) mass is 307 g/mol. The molecule has 21 heavy (non-hydrogen) atoms. The maximum Gasteiger partial charge on any atom is 0.349 e. The van der Waals surface area contributed by atoms with Crippen LogP contribution < -0.4 is 10.9 Å². The predicted octanol–water partition coefficient (Wildman–Crippen LogP) is 2.36. The first-order valence-corrected chi connectivity index (χ1v) is 7.15. The highest BCUT2D eigenvalue weighted by molar-refractivity contribution is 6.34. The zero-order chi connectivity index (χ0) is 14.8. The molecule has 6 heteroatoms. The molecule has 1 aromatic carbocycles. The molecule has 2 heterocycles. The predicted molar refractivity (Wildman–Crippen MR) is 78.8 cm³/mol. The number of carbonyl (C=O) groups excluding carboxylic acids is 1. The fourth-order valence-electron chi connectivity index (χ4n) is 2.37. The van der Waals surface area contributed by atoms with Gasteiger partial charge in [-0.1, -0.05) is 23.7 Å². The fourth-order valence-corrected chi connectivity index (χ4v) is 2.59. The number of fused-ring (bicyclic) bond motifs is 1. The number of ether oxygens (including phenoxy) is 1. The standard InChI is InChI=1S/C15H14ClNO4/c16-12-5-1-3-9-7-11(15(19)21-13(9)12)14(18)17-8-10-4-2-6-20-10/h1,3,5,7,10H,2,4,6,8H2,(H,17,18)/t10-/m0/s1. The van der Waals surface area contributed by atoms with E-state index in [0.717, 1.165) is 19.4 Å². The van der Waals surface area contributed by atoms with E-state index in [9.17, 15) is 9.59 Å². The molecule has 1 amide bonds. The number of hydrogen-bond acceptors (Lipinski definition) is 4. The Hall–Kier alpha value is -1.85. The molecular weight excluding hydrogens is 294 g/mol. The number of benzene rings is 1. The van der Waals surface area contributed by atoms with Gasteiger partial charge in [-0.05, 0) is 25.0 Å². The summed E-state index contributed by atoms with van der Waals surface area (Å²) in [5.41, 5.74) is -0.428. The van der Waals surface area contributed by atoms with Crippen molar-refractivity contribution in [3.05, 3.63) is 45.3 Å². The summed E-state index contributed by atoms with van der Waals surface area (Å²) in [6.07, 6.45) is 1.94. The van der Waals surface area contributed by atoms with E-state index in [1.165, 1.54) is 6.07 Å². The third-order valence-electron chi connectivity index (χ3n) is 3.47. The van der Waals surface area contributed by atoms with Crippen LogP contribution >= 0.6 is 11.6 Å². The number of halogens is 1. The van der Waals surface area contributed by atoms with Crippen LogP contribution in [-0.4, -0.2) is 25.2 Å². The van der Waals surface area contributed by atoms with Gasteiger partial charge in [-0.3, -0.25) is 4.79 Å². The van der Waals surface area contributed by atoms with Gasteiger partial charge >= 0.3 is 5.63 Å². The summed E-state index contributed by atoms with van der Waals surface area (Å²) in [6.45, 7) is 1.11. The van der Waals surface area contributed by atoms with Crippen LogP contribution in [0.4, 0.5) is 0 Å². The third-order valence-corrected chi connectivity index (χ3v) is 3.77. The minimum absolute atomic E-state index is 0.0240. The van der Waals surface area contributed by atoms with E-state index >= 15 is 0 Å². The topological polar surface area (TPSA) is 68.5 Å². The Labute approximate surface area is 125 Å². The Morgan fingerprint density at radius 3 is 3.05 bits per heavy atom. The van der Waals surface area contributed by atoms with Crippen molar-refractivity contribution in [2.24, 2.45) is 0 Å². The SMILES string of the molecule is O=C(NC[C@@H]1CCCO1)c1cc2cccc(Cl)c2oc1=O. The second-order valence-corrected chi connectivity index (χ2v) is 5.36. The van der Waals surface area contributed by atoms with Gasteiger partial charge in [0.1, 0.15) is 5.56 Å². The number of carbonyl (C=O) groups is 1. The Kier molecular flexibility index (Phi) is 3.94. The third kappa shape index (κ3) is 2.94. The average molecular weight is 308 g/mol. The summed E-state index contributed by atoms with van der Waals surface area (Å²) >= 11 is 5.96. The van der Waals surface area contributed by atoms with Crippen molar-refractivity contribution in [2.45, 2.75) is 18.9 Å². The second-order valence-electron chi connectivity index (χ2n) is 4.95. The molecule has 0 bridgehead atoms. The number of hydrogen-bond donors (Lipinski definition) is 1. The van der Waals surface area contributed by atoms with Gasteiger partial charge < -0.3 is 14.5 Å². The van der Waals surface area contributed by atoms with E-state index < -0.39 is 11.5 Å². The number of amides is 1. The van der Waals surface area contributed by atoms with Gasteiger partial charge in [-0.2, -0.15) is 0 Å². The van der Waals surface area contributed by atoms with Crippen LogP contribution in [0.2, 0.25) is 5.02 Å². The van der Waals surface area contributed by atoms with E-state index in [4.69, 9.17) is 20.8 Å². The molecule has 1 aliphatic heterocycles. The average Bonchev–Trinajstić information content (AvgIpc) is 2.98. The Morgan fingerprint density at radius 2 is 2.29 bits per heavy atom. The molecule has 0 saturated carbocycles. The quantitative estimate of drug-likeness (QED) is 0.884. The molecule has 1 atom stereocenters. The summed E-state index contributed by atoms with van der Waals surface area (Å²) in [5, 5.41) is 3.66. The van der Waals surface area contributed by atoms with Crippen molar-refractivity contribution in [3.8, 4) is 0 Å². The molecule has 1 fully saturated rings. The summed E-state index contributed by atoms with van der Waals surface area (Å²) < 4.78 is 10.6. The minimum atomic E-state index is -0.694. The molecule has 1 saturated heterocycles. The molecule has 5 nitrogen and oxygen atoms in total. The molecular formula is C15H14ClNO4. The van der Waals surface area contributed by atoms with Crippen LogP contribution in [0.15, 0.2) is 33.5 Å². The minimum Gasteiger partial charge on any atom is -0.421 e. The van der Waals surface area contributed by atoms with Gasteiger partial charge in [-0.25, -0.2) is 4.79 Å². The van der Waals surface area contributed by atoms with E-state index in [0.29, 0.717) is 22.5 Å². The largest absolute Gasteiger partial charge is 0.421 e. The summed E-state index contributed by atoms with van der Waals surface area (Å²) in [4.78, 5) is 24.0. The molecule has 0 spiro atoms. The lowest BCUT2D eigenvalue weighted by Gasteiger charge is -2.10. The maximum atomic E-state index is 12.1. The first kappa shape index (κ1) is 14.1. The van der Waals surface area contributed by atoms with E-state index in [1.54, 1.807) is 18.2 Å². The van der Waals surface area contributed by atoms with Gasteiger partial charge in [0, 0.05) is 18.5 Å². The van der Waals surface area contributed by atoms with Crippen LogP contribution in [0.5, 0.6) is 0 Å². The molecule has 1 aromatic heterocycles. The van der Waals surface area contributed by atoms with Crippen molar-refractivity contribution < 1.29 is 13.9 Å². The highest BCUT2D eigenvalue weighted by Crippen LogP contribution is 2.22. The van der Waals surface area contributed by atoms with Crippen molar-refractivity contribution in [3.63, 3.8) is 0 Å². The van der Waals surface area contributed by atoms with Gasteiger partial charge in [0.25, 0.3) is 5.91 Å². The lowest BCUT2D eigenvalue weighted by atomic mass is 10.1. The van der Waals surface area contributed by atoms with E-state index in [1.807, 2.05) is 0 Å². The zero-order valence-electron chi connectivity index (χ0n) is 11.2. The van der Waals surface area contributed by atoms with Crippen LogP contribution in [0, 0.1) is 0 Å². The van der Waals surface area contributed by atoms with Crippen molar-refractivity contribution in [1.29, 1.82) is 0 Å². The van der Waals surface area contributed by atoms with Gasteiger partial charge in [0.15, 0.2) is 5.58 Å². The number of nitrogens with one attached hydrogen (secondary N) is 1. The first-order valence-electron chi connectivity index (χ1n) is 6.77. The van der Waals surface area contributed by atoms with Crippen molar-refractivity contribution in [1.82, 2.24) is 5.32 Å². The van der Waals surface area contributed by atoms with Gasteiger partial charge in [0.2, 0.25) is 0 Å². The molecule has 3 rings (SSSR count). The lowest BCUT2D eigenvalue weighted by molar-refractivity contribution is 0.0855. The fraction of sp³-hybridized carbons (Fsp3) is 0.333. The summed E-state index contributed by atoms with van der Waals surface area (Å²) in [5.74, 6) is -0.457. The van der Waals surface area contributed by atoms with Gasteiger partial charge in [0.05, 0.1) is 11.1 Å². The first-order chi connectivity index (χ1) is 10.1. The molecule has 0 radical (unpaired) electrons. The van der Waals surface area contributed by atoms with Crippen LogP contribution in [0.25, 0.3) is 11.0 Å². The van der Waals surface area contributed by atoms with Crippen molar-refractivity contribution in [2.75, 3.05) is 13.2 Å². The Morgan fingerprint density at radius 1 is 1.43 bits per heavy atom. The van der Waals surface area contributed by atoms with Crippen LogP contribution in [0.1, 0.15) is 23.2 Å².